The molecule has 74 valence electrons. The maximum Gasteiger partial charge on any atom is 0.0225 e. The SMILES string of the molecule is CCC(C)CN(C)CC(C)(C)N. The van der Waals surface area contributed by atoms with Crippen LogP contribution < -0.4 is 5.73 Å². The molecule has 12 heavy (non-hydrogen) atoms. The van der Waals surface area contributed by atoms with Gasteiger partial charge in [-0.25, -0.2) is 0 Å². The van der Waals surface area contributed by atoms with Gasteiger partial charge in [0.25, 0.3) is 0 Å². The molecule has 0 rings (SSSR count). The van der Waals surface area contributed by atoms with E-state index >= 15 is 0 Å². The minimum Gasteiger partial charge on any atom is -0.324 e. The van der Waals surface area contributed by atoms with Gasteiger partial charge in [0, 0.05) is 18.6 Å². The Bertz CT molecular complexity index is 115. The van der Waals surface area contributed by atoms with Gasteiger partial charge in [-0.15, -0.1) is 0 Å². The Morgan fingerprint density at radius 1 is 1.42 bits per heavy atom. The fourth-order valence-electron chi connectivity index (χ4n) is 1.42. The third-order valence-electron chi connectivity index (χ3n) is 2.00. The van der Waals surface area contributed by atoms with Crippen molar-refractivity contribution >= 4 is 0 Å². The fraction of sp³-hybridized carbons (Fsp3) is 1.00. The van der Waals surface area contributed by atoms with Gasteiger partial charge >= 0.3 is 0 Å². The molecular formula is C10H24N2. The van der Waals surface area contributed by atoms with Crippen LogP contribution >= 0.6 is 0 Å². The van der Waals surface area contributed by atoms with Crippen LogP contribution in [-0.2, 0) is 0 Å². The summed E-state index contributed by atoms with van der Waals surface area (Å²) >= 11 is 0. The van der Waals surface area contributed by atoms with Crippen LogP contribution in [0.3, 0.4) is 0 Å². The van der Waals surface area contributed by atoms with Crippen LogP contribution in [0.2, 0.25) is 0 Å². The van der Waals surface area contributed by atoms with E-state index < -0.39 is 0 Å². The molecule has 2 nitrogen and oxygen atoms in total. The Hall–Kier alpha value is -0.0800. The molecule has 0 aromatic carbocycles. The first-order valence-electron chi connectivity index (χ1n) is 4.82. The van der Waals surface area contributed by atoms with E-state index in [0.717, 1.165) is 19.0 Å². The summed E-state index contributed by atoms with van der Waals surface area (Å²) in [6.45, 7) is 10.8. The van der Waals surface area contributed by atoms with Crippen LogP contribution in [0.15, 0.2) is 0 Å². The molecule has 0 amide bonds. The quantitative estimate of drug-likeness (QED) is 0.684. The van der Waals surface area contributed by atoms with E-state index in [1.165, 1.54) is 6.42 Å². The molecule has 0 heterocycles. The van der Waals surface area contributed by atoms with Gasteiger partial charge in [-0.05, 0) is 26.8 Å². The molecule has 0 bridgehead atoms. The first-order valence-corrected chi connectivity index (χ1v) is 4.82. The van der Waals surface area contributed by atoms with Gasteiger partial charge in [-0.1, -0.05) is 20.3 Å². The zero-order valence-electron chi connectivity index (χ0n) is 9.22. The van der Waals surface area contributed by atoms with Crippen LogP contribution in [0.25, 0.3) is 0 Å². The molecule has 0 saturated heterocycles. The molecule has 1 atom stereocenters. The van der Waals surface area contributed by atoms with Crippen molar-refractivity contribution in [1.29, 1.82) is 0 Å². The summed E-state index contributed by atoms with van der Waals surface area (Å²) in [5, 5.41) is 0. The second-order valence-corrected chi connectivity index (χ2v) is 4.70. The molecule has 0 aliphatic carbocycles. The molecule has 0 aliphatic heterocycles. The van der Waals surface area contributed by atoms with E-state index in [1.807, 2.05) is 0 Å². The monoisotopic (exact) mass is 172 g/mol. The Kier molecular flexibility index (Phi) is 4.80. The Balaban J connectivity index is 3.66. The van der Waals surface area contributed by atoms with Gasteiger partial charge in [-0.2, -0.15) is 0 Å². The van der Waals surface area contributed by atoms with Gasteiger partial charge in [0.2, 0.25) is 0 Å². The second kappa shape index (κ2) is 4.83. The number of likely N-dealkylation sites (N-methyl/N-ethyl adjacent to an activating group) is 1. The third kappa shape index (κ3) is 6.62. The van der Waals surface area contributed by atoms with Crippen LogP contribution in [0.4, 0.5) is 0 Å². The number of nitrogens with zero attached hydrogens (tertiary/aromatic N) is 1. The molecule has 0 aromatic heterocycles. The summed E-state index contributed by atoms with van der Waals surface area (Å²) in [5.41, 5.74) is 5.84. The predicted octanol–water partition coefficient (Wildman–Crippen LogP) is 1.70. The summed E-state index contributed by atoms with van der Waals surface area (Å²) in [7, 11) is 2.14. The largest absolute Gasteiger partial charge is 0.324 e. The van der Waals surface area contributed by atoms with Crippen LogP contribution in [0.5, 0.6) is 0 Å². The van der Waals surface area contributed by atoms with Crippen molar-refractivity contribution in [2.75, 3.05) is 20.1 Å². The molecule has 0 saturated carbocycles. The van der Waals surface area contributed by atoms with E-state index in [9.17, 15) is 0 Å². The Morgan fingerprint density at radius 3 is 2.25 bits per heavy atom. The molecule has 2 heteroatoms. The average Bonchev–Trinajstić information content (AvgIpc) is 1.82. The molecule has 1 unspecified atom stereocenters. The summed E-state index contributed by atoms with van der Waals surface area (Å²) in [5.74, 6) is 0.775. The van der Waals surface area contributed by atoms with Crippen LogP contribution in [-0.4, -0.2) is 30.6 Å². The van der Waals surface area contributed by atoms with Crippen molar-refractivity contribution in [3.05, 3.63) is 0 Å². The summed E-state index contributed by atoms with van der Waals surface area (Å²) in [6.07, 6.45) is 1.25. The van der Waals surface area contributed by atoms with Gasteiger partial charge in [0.15, 0.2) is 0 Å². The lowest BCUT2D eigenvalue weighted by atomic mass is 10.0. The molecule has 0 spiro atoms. The highest BCUT2D eigenvalue weighted by Crippen LogP contribution is 2.05. The number of nitrogens with two attached hydrogens (primary N) is 1. The first-order chi connectivity index (χ1) is 5.35. The van der Waals surface area contributed by atoms with Crippen molar-refractivity contribution in [3.8, 4) is 0 Å². The van der Waals surface area contributed by atoms with Crippen molar-refractivity contribution in [1.82, 2.24) is 4.90 Å². The van der Waals surface area contributed by atoms with E-state index in [4.69, 9.17) is 5.73 Å². The second-order valence-electron chi connectivity index (χ2n) is 4.70. The van der Waals surface area contributed by atoms with Gasteiger partial charge in [0.05, 0.1) is 0 Å². The van der Waals surface area contributed by atoms with E-state index in [1.54, 1.807) is 0 Å². The molecular weight excluding hydrogens is 148 g/mol. The number of hydrogen-bond donors (Lipinski definition) is 1. The number of hydrogen-bond acceptors (Lipinski definition) is 2. The lowest BCUT2D eigenvalue weighted by Gasteiger charge is -2.28. The zero-order valence-corrected chi connectivity index (χ0v) is 9.22. The molecule has 0 fully saturated rings. The first kappa shape index (κ1) is 11.9. The van der Waals surface area contributed by atoms with Crippen molar-refractivity contribution < 1.29 is 0 Å². The number of rotatable bonds is 5. The summed E-state index contributed by atoms with van der Waals surface area (Å²) < 4.78 is 0. The van der Waals surface area contributed by atoms with Gasteiger partial charge in [-0.3, -0.25) is 0 Å². The fourth-order valence-corrected chi connectivity index (χ4v) is 1.42. The Labute approximate surface area is 77.1 Å². The van der Waals surface area contributed by atoms with E-state index in [-0.39, 0.29) is 5.54 Å². The van der Waals surface area contributed by atoms with Gasteiger partial charge < -0.3 is 10.6 Å². The lowest BCUT2D eigenvalue weighted by Crippen LogP contribution is -2.44. The maximum atomic E-state index is 5.91. The van der Waals surface area contributed by atoms with Crippen LogP contribution in [0, 0.1) is 5.92 Å². The highest BCUT2D eigenvalue weighted by molar-refractivity contribution is 4.76. The van der Waals surface area contributed by atoms with Gasteiger partial charge in [0.1, 0.15) is 0 Å². The lowest BCUT2D eigenvalue weighted by molar-refractivity contribution is 0.236. The highest BCUT2D eigenvalue weighted by Gasteiger charge is 2.14. The van der Waals surface area contributed by atoms with Crippen molar-refractivity contribution in [3.63, 3.8) is 0 Å². The summed E-state index contributed by atoms with van der Waals surface area (Å²) in [4.78, 5) is 2.31. The third-order valence-corrected chi connectivity index (χ3v) is 2.00. The molecule has 0 aromatic rings. The van der Waals surface area contributed by atoms with E-state index in [2.05, 4.69) is 39.6 Å². The normalized spacial score (nSPS) is 15.2. The topological polar surface area (TPSA) is 29.3 Å². The maximum absolute atomic E-state index is 5.91. The van der Waals surface area contributed by atoms with Crippen LogP contribution in [0.1, 0.15) is 34.1 Å². The standard InChI is InChI=1S/C10H24N2/c1-6-9(2)7-12(5)8-10(3,4)11/h9H,6-8,11H2,1-5H3. The Morgan fingerprint density at radius 2 is 1.92 bits per heavy atom. The summed E-state index contributed by atoms with van der Waals surface area (Å²) in [6, 6.07) is 0. The van der Waals surface area contributed by atoms with Crippen molar-refractivity contribution in [2.24, 2.45) is 11.7 Å². The smallest absolute Gasteiger partial charge is 0.0225 e. The zero-order chi connectivity index (χ0) is 9.78. The minimum atomic E-state index is -0.0673. The predicted molar refractivity (Wildman–Crippen MR) is 55.2 cm³/mol. The minimum absolute atomic E-state index is 0.0673. The highest BCUT2D eigenvalue weighted by atomic mass is 15.1. The van der Waals surface area contributed by atoms with Crippen molar-refractivity contribution in [2.45, 2.75) is 39.7 Å². The molecule has 2 N–H and O–H groups in total. The average molecular weight is 172 g/mol. The van der Waals surface area contributed by atoms with E-state index in [0.29, 0.717) is 0 Å². The molecule has 0 aliphatic rings. The molecule has 0 radical (unpaired) electrons.